The summed E-state index contributed by atoms with van der Waals surface area (Å²) >= 11 is 0. The molecule has 0 saturated carbocycles. The Morgan fingerprint density at radius 3 is 1.95 bits per heavy atom. The average Bonchev–Trinajstić information content (AvgIpc) is 3.25. The van der Waals surface area contributed by atoms with E-state index >= 15 is 0 Å². The Bertz CT molecular complexity index is 1090. The maximum absolute atomic E-state index is 13.0. The van der Waals surface area contributed by atoms with E-state index in [2.05, 4.69) is 9.88 Å². The lowest BCUT2D eigenvalue weighted by Gasteiger charge is -2.37. The molecule has 4 rings (SSSR count). The molecule has 214 valence electrons. The molecule has 0 spiro atoms. The van der Waals surface area contributed by atoms with Crippen LogP contribution in [0.15, 0.2) is 48.8 Å². The van der Waals surface area contributed by atoms with Crippen molar-refractivity contribution in [2.75, 3.05) is 26.2 Å². The van der Waals surface area contributed by atoms with E-state index in [9.17, 15) is 35.5 Å². The van der Waals surface area contributed by atoms with Gasteiger partial charge < -0.3 is 19.8 Å². The zero-order valence-corrected chi connectivity index (χ0v) is 19.8. The van der Waals surface area contributed by atoms with Gasteiger partial charge >= 0.3 is 24.3 Å². The molecule has 2 fully saturated rings. The monoisotopic (exact) mass is 569 g/mol. The molecule has 1 aromatic heterocycles. The van der Waals surface area contributed by atoms with Gasteiger partial charge in [-0.3, -0.25) is 14.7 Å². The van der Waals surface area contributed by atoms with E-state index in [4.69, 9.17) is 24.5 Å². The van der Waals surface area contributed by atoms with Crippen LogP contribution in [0.5, 0.6) is 5.75 Å². The number of carbonyl (C=O) groups excluding carboxylic acids is 1. The number of fused-ring (bicyclic) bond motifs is 1. The fourth-order valence-corrected chi connectivity index (χ4v) is 3.65. The number of aromatic nitrogens is 1. The average molecular weight is 569 g/mol. The summed E-state index contributed by atoms with van der Waals surface area (Å²) in [5.41, 5.74) is 0.538. The molecule has 0 unspecified atom stereocenters. The van der Waals surface area contributed by atoms with Crippen molar-refractivity contribution in [2.24, 2.45) is 0 Å². The molecule has 3 heterocycles. The number of halogens is 7. The van der Waals surface area contributed by atoms with E-state index in [1.807, 2.05) is 17.0 Å². The third-order valence-corrected chi connectivity index (χ3v) is 5.38. The summed E-state index contributed by atoms with van der Waals surface area (Å²) in [5.74, 6) is -5.09. The standard InChI is InChI=1S/C19H20FN3O2.2C2HF3O2/c20-15-5-3-14(4-6-15)19(24)23-9-8-22-13-18(10-16(22)12-23)25-17-2-1-7-21-11-17;2*3-2(4,5)1(6)7/h1-7,11,16,18H,8-10,12-13H2;2*(H,6,7)/t16-,18+;;/m0../s1. The molecular weight excluding hydrogens is 547 g/mol. The first kappa shape index (κ1) is 31.3. The van der Waals surface area contributed by atoms with Crippen LogP contribution in [0.2, 0.25) is 0 Å². The summed E-state index contributed by atoms with van der Waals surface area (Å²) in [6.45, 7) is 3.08. The van der Waals surface area contributed by atoms with Crippen LogP contribution >= 0.6 is 0 Å². The molecule has 1 amide bonds. The van der Waals surface area contributed by atoms with Crippen LogP contribution in [0, 0.1) is 5.82 Å². The minimum absolute atomic E-state index is 0.0312. The summed E-state index contributed by atoms with van der Waals surface area (Å²) in [4.78, 5) is 38.7. The lowest BCUT2D eigenvalue weighted by atomic mass is 10.1. The zero-order chi connectivity index (χ0) is 29.4. The van der Waals surface area contributed by atoms with Crippen LogP contribution in [0.25, 0.3) is 0 Å². The smallest absolute Gasteiger partial charge is 0.487 e. The number of benzene rings is 1. The summed E-state index contributed by atoms with van der Waals surface area (Å²) in [6, 6.07) is 9.84. The third-order valence-electron chi connectivity index (χ3n) is 5.38. The Hall–Kier alpha value is -3.95. The highest BCUT2D eigenvalue weighted by Crippen LogP contribution is 2.26. The first-order valence-corrected chi connectivity index (χ1v) is 11.0. The Balaban J connectivity index is 0.000000317. The fraction of sp³-hybridized carbons (Fsp3) is 0.391. The van der Waals surface area contributed by atoms with Crippen molar-refractivity contribution in [2.45, 2.75) is 30.9 Å². The number of rotatable bonds is 3. The van der Waals surface area contributed by atoms with Gasteiger partial charge in [0.05, 0.1) is 6.20 Å². The molecule has 2 N–H and O–H groups in total. The quantitative estimate of drug-likeness (QED) is 0.540. The molecule has 39 heavy (non-hydrogen) atoms. The predicted molar refractivity (Wildman–Crippen MR) is 118 cm³/mol. The number of pyridine rings is 1. The Labute approximate surface area is 216 Å². The van der Waals surface area contributed by atoms with E-state index in [-0.39, 0.29) is 17.8 Å². The number of hydrogen-bond donors (Lipinski definition) is 2. The van der Waals surface area contributed by atoms with Crippen molar-refractivity contribution in [3.63, 3.8) is 0 Å². The van der Waals surface area contributed by atoms with E-state index in [0.717, 1.165) is 25.3 Å². The number of carboxylic acid groups (broad SMARTS) is 2. The molecule has 0 aliphatic carbocycles. The summed E-state index contributed by atoms with van der Waals surface area (Å²) < 4.78 is 82.5. The molecule has 9 nitrogen and oxygen atoms in total. The van der Waals surface area contributed by atoms with Gasteiger partial charge in [0, 0.05) is 50.4 Å². The number of aliphatic carboxylic acids is 2. The Morgan fingerprint density at radius 2 is 1.46 bits per heavy atom. The largest absolute Gasteiger partial charge is 0.490 e. The SMILES string of the molecule is O=C(O)C(F)(F)F.O=C(O)C(F)(F)F.O=C(c1ccc(F)cc1)N1CCN2C[C@H](Oc3cccnc3)C[C@H]2C1. The second kappa shape index (κ2) is 13.2. The van der Waals surface area contributed by atoms with Crippen molar-refractivity contribution in [1.82, 2.24) is 14.8 Å². The molecule has 1 aromatic carbocycles. The van der Waals surface area contributed by atoms with Gasteiger partial charge in [-0.05, 0) is 36.4 Å². The van der Waals surface area contributed by atoms with Gasteiger partial charge in [0.25, 0.3) is 5.91 Å². The van der Waals surface area contributed by atoms with Crippen LogP contribution in [-0.2, 0) is 9.59 Å². The highest BCUT2D eigenvalue weighted by atomic mass is 19.4. The number of alkyl halides is 6. The van der Waals surface area contributed by atoms with Crippen LogP contribution in [0.4, 0.5) is 30.7 Å². The minimum Gasteiger partial charge on any atom is -0.487 e. The van der Waals surface area contributed by atoms with Gasteiger partial charge in [-0.2, -0.15) is 26.3 Å². The van der Waals surface area contributed by atoms with Gasteiger partial charge in [0.2, 0.25) is 0 Å². The maximum atomic E-state index is 13.0. The van der Waals surface area contributed by atoms with Crippen molar-refractivity contribution in [3.05, 3.63) is 60.2 Å². The topological polar surface area (TPSA) is 120 Å². The van der Waals surface area contributed by atoms with Gasteiger partial charge in [0.15, 0.2) is 0 Å². The number of carboxylic acids is 2. The summed E-state index contributed by atoms with van der Waals surface area (Å²) in [6.07, 6.45) is -5.71. The lowest BCUT2D eigenvalue weighted by Crippen LogP contribution is -2.52. The van der Waals surface area contributed by atoms with Gasteiger partial charge in [0.1, 0.15) is 17.7 Å². The second-order valence-corrected chi connectivity index (χ2v) is 8.18. The molecule has 0 radical (unpaired) electrons. The Kier molecular flexibility index (Phi) is 10.6. The summed E-state index contributed by atoms with van der Waals surface area (Å²) in [7, 11) is 0. The number of nitrogens with zero attached hydrogens (tertiary/aromatic N) is 3. The zero-order valence-electron chi connectivity index (χ0n) is 19.8. The first-order valence-electron chi connectivity index (χ1n) is 11.0. The number of amides is 1. The molecule has 2 aromatic rings. The molecule has 2 atom stereocenters. The first-order chi connectivity index (χ1) is 18.1. The van der Waals surface area contributed by atoms with Crippen LogP contribution in [0.3, 0.4) is 0 Å². The second-order valence-electron chi connectivity index (χ2n) is 8.18. The molecule has 2 aliphatic heterocycles. The van der Waals surface area contributed by atoms with Crippen LogP contribution in [-0.4, -0.2) is 93.5 Å². The van der Waals surface area contributed by atoms with E-state index in [0.29, 0.717) is 24.7 Å². The molecule has 0 bridgehead atoms. The predicted octanol–water partition coefficient (Wildman–Crippen LogP) is 3.47. The maximum Gasteiger partial charge on any atom is 0.490 e. The fourth-order valence-electron chi connectivity index (χ4n) is 3.65. The third kappa shape index (κ3) is 10.0. The molecule has 2 saturated heterocycles. The normalized spacial score (nSPS) is 19.0. The van der Waals surface area contributed by atoms with Crippen LogP contribution in [0.1, 0.15) is 16.8 Å². The lowest BCUT2D eigenvalue weighted by molar-refractivity contribution is -0.193. The van der Waals surface area contributed by atoms with Crippen molar-refractivity contribution < 1.29 is 60.1 Å². The van der Waals surface area contributed by atoms with Crippen LogP contribution < -0.4 is 4.74 Å². The van der Waals surface area contributed by atoms with E-state index in [1.54, 1.807) is 24.5 Å². The number of hydrogen-bond acceptors (Lipinski definition) is 6. The molecular formula is C23H22F7N3O6. The number of carbonyl (C=O) groups is 3. The minimum atomic E-state index is -5.08. The highest BCUT2D eigenvalue weighted by Gasteiger charge is 2.39. The van der Waals surface area contributed by atoms with Gasteiger partial charge in [-0.15, -0.1) is 0 Å². The van der Waals surface area contributed by atoms with Gasteiger partial charge in [-0.25, -0.2) is 14.0 Å². The Morgan fingerprint density at radius 1 is 0.897 bits per heavy atom. The van der Waals surface area contributed by atoms with Crippen molar-refractivity contribution in [1.29, 1.82) is 0 Å². The molecule has 16 heteroatoms. The molecule has 2 aliphatic rings. The number of piperazine rings is 1. The highest BCUT2D eigenvalue weighted by molar-refractivity contribution is 5.94. The van der Waals surface area contributed by atoms with Crippen molar-refractivity contribution >= 4 is 17.8 Å². The van der Waals surface area contributed by atoms with E-state index < -0.39 is 24.3 Å². The van der Waals surface area contributed by atoms with Crippen molar-refractivity contribution in [3.8, 4) is 5.75 Å². The van der Waals surface area contributed by atoms with E-state index in [1.165, 1.54) is 12.1 Å². The summed E-state index contributed by atoms with van der Waals surface area (Å²) in [5, 5.41) is 14.2. The van der Waals surface area contributed by atoms with Gasteiger partial charge in [-0.1, -0.05) is 0 Å². The number of ether oxygens (including phenoxy) is 1.